The van der Waals surface area contributed by atoms with Crippen molar-refractivity contribution in [1.82, 2.24) is 4.98 Å². The predicted molar refractivity (Wildman–Crippen MR) is 63.1 cm³/mol. The Morgan fingerprint density at radius 3 is 2.56 bits per heavy atom. The summed E-state index contributed by atoms with van der Waals surface area (Å²) in [7, 11) is 1.55. The fourth-order valence-corrected chi connectivity index (χ4v) is 1.52. The first-order valence-corrected chi connectivity index (χ1v) is 5.15. The first kappa shape index (κ1) is 12.0. The fourth-order valence-electron chi connectivity index (χ4n) is 1.52. The van der Waals surface area contributed by atoms with E-state index in [9.17, 15) is 9.18 Å². The van der Waals surface area contributed by atoms with E-state index >= 15 is 0 Å². The third-order valence-electron chi connectivity index (χ3n) is 2.47. The first-order chi connectivity index (χ1) is 8.61. The number of aromatic nitrogens is 1. The number of halogens is 1. The summed E-state index contributed by atoms with van der Waals surface area (Å²) in [4.78, 5) is 14.7. The van der Waals surface area contributed by atoms with Crippen LogP contribution in [0.25, 0.3) is 11.3 Å². The molecule has 0 atom stereocenters. The summed E-state index contributed by atoms with van der Waals surface area (Å²) in [6.07, 6.45) is 0.906. The van der Waals surface area contributed by atoms with Crippen molar-refractivity contribution >= 4 is 5.97 Å². The van der Waals surface area contributed by atoms with Crippen molar-refractivity contribution in [2.24, 2.45) is 0 Å². The van der Waals surface area contributed by atoms with Gasteiger partial charge in [0.25, 0.3) is 0 Å². The van der Waals surface area contributed by atoms with Gasteiger partial charge in [-0.05, 0) is 30.3 Å². The lowest BCUT2D eigenvalue weighted by Gasteiger charge is -2.04. The summed E-state index contributed by atoms with van der Waals surface area (Å²) in [5.41, 5.74) is 0.700. The molecular formula is C13H10FNO3. The smallest absolute Gasteiger partial charge is 0.338 e. The molecule has 0 aliphatic heterocycles. The number of ether oxygens (including phenoxy) is 1. The lowest BCUT2D eigenvalue weighted by molar-refractivity contribution is 0.0691. The van der Waals surface area contributed by atoms with Gasteiger partial charge in [-0.2, -0.15) is 0 Å². The van der Waals surface area contributed by atoms with E-state index in [0.717, 1.165) is 6.20 Å². The van der Waals surface area contributed by atoms with Crippen LogP contribution in [0.3, 0.4) is 0 Å². The third kappa shape index (κ3) is 2.29. The van der Waals surface area contributed by atoms with Crippen LogP contribution >= 0.6 is 0 Å². The van der Waals surface area contributed by atoms with Crippen molar-refractivity contribution in [2.45, 2.75) is 0 Å². The van der Waals surface area contributed by atoms with Gasteiger partial charge in [0.05, 0.1) is 24.6 Å². The van der Waals surface area contributed by atoms with Crippen molar-refractivity contribution in [3.63, 3.8) is 0 Å². The number of pyridine rings is 1. The number of carboxylic acid groups (broad SMARTS) is 1. The number of methoxy groups -OCH3 is 1. The van der Waals surface area contributed by atoms with Gasteiger partial charge in [0.2, 0.25) is 0 Å². The highest BCUT2D eigenvalue weighted by Crippen LogP contribution is 2.22. The van der Waals surface area contributed by atoms with Crippen molar-refractivity contribution < 1.29 is 19.0 Å². The van der Waals surface area contributed by atoms with E-state index in [0.29, 0.717) is 17.0 Å². The quantitative estimate of drug-likeness (QED) is 0.905. The van der Waals surface area contributed by atoms with E-state index in [4.69, 9.17) is 9.84 Å². The average Bonchev–Trinajstić information content (AvgIpc) is 2.39. The van der Waals surface area contributed by atoms with Crippen LogP contribution in [0.5, 0.6) is 5.75 Å². The van der Waals surface area contributed by atoms with Crippen LogP contribution in [-0.2, 0) is 0 Å². The number of nitrogens with zero attached hydrogens (tertiary/aromatic N) is 1. The van der Waals surface area contributed by atoms with Crippen LogP contribution < -0.4 is 4.74 Å². The van der Waals surface area contributed by atoms with E-state index in [1.54, 1.807) is 31.4 Å². The highest BCUT2D eigenvalue weighted by Gasteiger charge is 2.12. The molecule has 0 fully saturated rings. The fraction of sp³-hybridized carbons (Fsp3) is 0.0769. The standard InChI is InChI=1S/C13H10FNO3/c1-18-9-4-2-8(3-5-9)12-6-10(13(16)17)11(14)7-15-12/h2-7H,1H3,(H,16,17). The van der Waals surface area contributed by atoms with Crippen molar-refractivity contribution in [3.05, 3.63) is 47.9 Å². The monoisotopic (exact) mass is 247 g/mol. The lowest BCUT2D eigenvalue weighted by atomic mass is 10.1. The molecule has 92 valence electrons. The Kier molecular flexibility index (Phi) is 3.23. The number of rotatable bonds is 3. The molecule has 1 aromatic heterocycles. The van der Waals surface area contributed by atoms with Crippen LogP contribution in [0, 0.1) is 5.82 Å². The number of hydrogen-bond donors (Lipinski definition) is 1. The zero-order chi connectivity index (χ0) is 13.1. The minimum absolute atomic E-state index is 0.393. The lowest BCUT2D eigenvalue weighted by Crippen LogP contribution is -2.02. The molecule has 4 nitrogen and oxygen atoms in total. The predicted octanol–water partition coefficient (Wildman–Crippen LogP) is 2.59. The number of carbonyl (C=O) groups is 1. The molecule has 0 bridgehead atoms. The van der Waals surface area contributed by atoms with Crippen molar-refractivity contribution in [2.75, 3.05) is 7.11 Å². The van der Waals surface area contributed by atoms with Gasteiger partial charge in [0.1, 0.15) is 5.75 Å². The van der Waals surface area contributed by atoms with E-state index in [1.165, 1.54) is 6.07 Å². The van der Waals surface area contributed by atoms with Gasteiger partial charge in [-0.15, -0.1) is 0 Å². The number of carboxylic acids is 1. The number of aromatic carboxylic acids is 1. The van der Waals surface area contributed by atoms with Gasteiger partial charge in [0, 0.05) is 5.56 Å². The second kappa shape index (κ2) is 4.83. The molecule has 0 aliphatic carbocycles. The molecule has 0 aliphatic rings. The second-order valence-corrected chi connectivity index (χ2v) is 3.58. The maximum atomic E-state index is 13.2. The normalized spacial score (nSPS) is 10.1. The van der Waals surface area contributed by atoms with Crippen LogP contribution in [0.2, 0.25) is 0 Å². The molecule has 1 heterocycles. The molecule has 0 spiro atoms. The summed E-state index contributed by atoms with van der Waals surface area (Å²) in [5.74, 6) is -1.48. The summed E-state index contributed by atoms with van der Waals surface area (Å²) in [6, 6.07) is 8.11. The van der Waals surface area contributed by atoms with E-state index < -0.39 is 17.3 Å². The third-order valence-corrected chi connectivity index (χ3v) is 2.47. The Bertz CT molecular complexity index is 581. The molecule has 0 amide bonds. The number of hydrogen-bond acceptors (Lipinski definition) is 3. The van der Waals surface area contributed by atoms with Crippen LogP contribution in [0.15, 0.2) is 36.5 Å². The minimum atomic E-state index is -1.32. The van der Waals surface area contributed by atoms with Crippen LogP contribution in [0.4, 0.5) is 4.39 Å². The summed E-state index contributed by atoms with van der Waals surface area (Å²) in [5, 5.41) is 8.83. The summed E-state index contributed by atoms with van der Waals surface area (Å²) < 4.78 is 18.2. The van der Waals surface area contributed by atoms with Gasteiger partial charge in [-0.1, -0.05) is 0 Å². The van der Waals surface area contributed by atoms with E-state index in [-0.39, 0.29) is 0 Å². The molecule has 0 saturated carbocycles. The van der Waals surface area contributed by atoms with Crippen LogP contribution in [-0.4, -0.2) is 23.2 Å². The number of benzene rings is 1. The van der Waals surface area contributed by atoms with Gasteiger partial charge in [0.15, 0.2) is 5.82 Å². The van der Waals surface area contributed by atoms with Crippen molar-refractivity contribution in [3.8, 4) is 17.0 Å². The highest BCUT2D eigenvalue weighted by atomic mass is 19.1. The maximum Gasteiger partial charge on any atom is 0.338 e. The molecule has 18 heavy (non-hydrogen) atoms. The highest BCUT2D eigenvalue weighted by molar-refractivity contribution is 5.89. The van der Waals surface area contributed by atoms with E-state index in [2.05, 4.69) is 4.98 Å². The topological polar surface area (TPSA) is 59.4 Å². The first-order valence-electron chi connectivity index (χ1n) is 5.15. The molecule has 0 unspecified atom stereocenters. The van der Waals surface area contributed by atoms with Crippen molar-refractivity contribution in [1.29, 1.82) is 0 Å². The van der Waals surface area contributed by atoms with Gasteiger partial charge < -0.3 is 9.84 Å². The molecule has 2 rings (SSSR count). The Labute approximate surface area is 103 Å². The van der Waals surface area contributed by atoms with Gasteiger partial charge >= 0.3 is 5.97 Å². The Hall–Kier alpha value is -2.43. The molecule has 0 radical (unpaired) electrons. The van der Waals surface area contributed by atoms with Crippen LogP contribution in [0.1, 0.15) is 10.4 Å². The Morgan fingerprint density at radius 1 is 1.33 bits per heavy atom. The Balaban J connectivity index is 2.44. The van der Waals surface area contributed by atoms with Gasteiger partial charge in [-0.25, -0.2) is 9.18 Å². The SMILES string of the molecule is COc1ccc(-c2cc(C(=O)O)c(F)cn2)cc1. The Morgan fingerprint density at radius 2 is 2.00 bits per heavy atom. The minimum Gasteiger partial charge on any atom is -0.497 e. The zero-order valence-electron chi connectivity index (χ0n) is 9.55. The largest absolute Gasteiger partial charge is 0.497 e. The molecular weight excluding hydrogens is 237 g/mol. The molecule has 1 N–H and O–H groups in total. The maximum absolute atomic E-state index is 13.2. The average molecular weight is 247 g/mol. The molecule has 5 heteroatoms. The van der Waals surface area contributed by atoms with E-state index in [1.807, 2.05) is 0 Å². The molecule has 2 aromatic rings. The zero-order valence-corrected chi connectivity index (χ0v) is 9.55. The molecule has 0 saturated heterocycles. The van der Waals surface area contributed by atoms with Gasteiger partial charge in [-0.3, -0.25) is 4.98 Å². The second-order valence-electron chi connectivity index (χ2n) is 3.58. The summed E-state index contributed by atoms with van der Waals surface area (Å²) >= 11 is 0. The summed E-state index contributed by atoms with van der Waals surface area (Å²) in [6.45, 7) is 0. The molecule has 1 aromatic carbocycles.